The van der Waals surface area contributed by atoms with E-state index in [1.807, 2.05) is 0 Å². The first-order valence-corrected chi connectivity index (χ1v) is 6.08. The normalized spacial score (nSPS) is 13.1. The summed E-state index contributed by atoms with van der Waals surface area (Å²) in [5.74, 6) is -0.850. The molecule has 0 aliphatic rings. The van der Waals surface area contributed by atoms with Crippen LogP contribution >= 0.6 is 0 Å². The first kappa shape index (κ1) is 13.5. The molecule has 94 valence electrons. The Morgan fingerprint density at radius 1 is 1.29 bits per heavy atom. The van der Waals surface area contributed by atoms with Crippen molar-refractivity contribution in [3.05, 3.63) is 24.3 Å². The first-order valence-electron chi connectivity index (χ1n) is 4.67. The van der Waals surface area contributed by atoms with Crippen molar-refractivity contribution < 1.29 is 27.2 Å². The van der Waals surface area contributed by atoms with E-state index in [9.17, 15) is 13.2 Å². The maximum atomic E-state index is 11.6. The number of methoxy groups -OCH3 is 1. The van der Waals surface area contributed by atoms with E-state index < -0.39 is 22.2 Å². The van der Waals surface area contributed by atoms with E-state index in [1.54, 1.807) is 0 Å². The lowest BCUT2D eigenvalue weighted by molar-refractivity contribution is -0.144. The second kappa shape index (κ2) is 5.15. The molecule has 1 aromatic rings. The molecular weight excluding hydrogens is 248 g/mol. The summed E-state index contributed by atoms with van der Waals surface area (Å²) in [5.41, 5.74) is 0. The summed E-state index contributed by atoms with van der Waals surface area (Å²) in [6.45, 7) is 1.14. The van der Waals surface area contributed by atoms with Gasteiger partial charge >= 0.3 is 5.97 Å². The van der Waals surface area contributed by atoms with Gasteiger partial charge in [0.15, 0.2) is 6.10 Å². The van der Waals surface area contributed by atoms with Crippen LogP contribution in [0.2, 0.25) is 0 Å². The van der Waals surface area contributed by atoms with Gasteiger partial charge in [-0.15, -0.1) is 0 Å². The fourth-order valence-electron chi connectivity index (χ4n) is 1.03. The highest BCUT2D eigenvalue weighted by atomic mass is 32.2. The molecule has 0 bridgehead atoms. The molecule has 0 amide bonds. The number of carboxylic acids is 1. The Bertz CT molecular complexity index is 490. The van der Waals surface area contributed by atoms with Crippen molar-refractivity contribution in [3.8, 4) is 5.75 Å². The lowest BCUT2D eigenvalue weighted by Crippen LogP contribution is -2.23. The molecule has 0 fully saturated rings. The summed E-state index contributed by atoms with van der Waals surface area (Å²) in [6.07, 6.45) is -1.43. The molecule has 6 nitrogen and oxygen atoms in total. The summed E-state index contributed by atoms with van der Waals surface area (Å²) in [5, 5.41) is 8.56. The summed E-state index contributed by atoms with van der Waals surface area (Å²) in [4.78, 5) is 10.4. The third-order valence-corrected chi connectivity index (χ3v) is 3.36. The van der Waals surface area contributed by atoms with Gasteiger partial charge in [0.1, 0.15) is 5.75 Å². The number of benzene rings is 1. The van der Waals surface area contributed by atoms with E-state index in [4.69, 9.17) is 9.84 Å². The molecule has 0 unspecified atom stereocenters. The number of carbonyl (C=O) groups is 1. The first-order chi connectivity index (χ1) is 7.86. The summed E-state index contributed by atoms with van der Waals surface area (Å²) < 4.78 is 32.6. The van der Waals surface area contributed by atoms with Crippen LogP contribution < -0.4 is 4.74 Å². The molecule has 0 radical (unpaired) electrons. The SMILES string of the molecule is COc1ccc(S(=O)(=O)O[C@@H](C)C(=O)O)cc1. The highest BCUT2D eigenvalue weighted by Crippen LogP contribution is 2.18. The van der Waals surface area contributed by atoms with Crippen LogP contribution in [0.4, 0.5) is 0 Å². The third kappa shape index (κ3) is 3.43. The number of carboxylic acid groups (broad SMARTS) is 1. The van der Waals surface area contributed by atoms with Crippen LogP contribution in [-0.4, -0.2) is 32.7 Å². The number of hydrogen-bond acceptors (Lipinski definition) is 5. The maximum Gasteiger partial charge on any atom is 0.334 e. The number of hydrogen-bond donors (Lipinski definition) is 1. The molecular formula is C10H12O6S. The van der Waals surface area contributed by atoms with Crippen LogP contribution in [0.1, 0.15) is 6.92 Å². The van der Waals surface area contributed by atoms with Crippen LogP contribution in [0.5, 0.6) is 5.75 Å². The second-order valence-corrected chi connectivity index (χ2v) is 4.78. The summed E-state index contributed by atoms with van der Waals surface area (Å²) in [7, 11) is -2.62. The van der Waals surface area contributed by atoms with Crippen LogP contribution in [-0.2, 0) is 19.1 Å². The molecule has 0 aliphatic heterocycles. The van der Waals surface area contributed by atoms with Crippen LogP contribution in [0.25, 0.3) is 0 Å². The van der Waals surface area contributed by atoms with Crippen LogP contribution in [0, 0.1) is 0 Å². The minimum absolute atomic E-state index is 0.119. The highest BCUT2D eigenvalue weighted by molar-refractivity contribution is 7.86. The molecule has 0 aliphatic carbocycles. The molecule has 0 saturated carbocycles. The molecule has 0 heterocycles. The Labute approximate surface area is 98.9 Å². The smallest absolute Gasteiger partial charge is 0.334 e. The fourth-order valence-corrected chi connectivity index (χ4v) is 2.07. The number of ether oxygens (including phenoxy) is 1. The Morgan fingerprint density at radius 2 is 1.82 bits per heavy atom. The van der Waals surface area contributed by atoms with Gasteiger partial charge < -0.3 is 9.84 Å². The van der Waals surface area contributed by atoms with Gasteiger partial charge in [-0.05, 0) is 31.2 Å². The summed E-state index contributed by atoms with van der Waals surface area (Å²) in [6, 6.07) is 5.45. The van der Waals surface area contributed by atoms with Crippen LogP contribution in [0.15, 0.2) is 29.2 Å². The van der Waals surface area contributed by atoms with E-state index in [0.717, 1.165) is 6.92 Å². The van der Waals surface area contributed by atoms with E-state index in [2.05, 4.69) is 4.18 Å². The van der Waals surface area contributed by atoms with Gasteiger partial charge in [0.05, 0.1) is 12.0 Å². The average molecular weight is 260 g/mol. The van der Waals surface area contributed by atoms with Crippen molar-refractivity contribution >= 4 is 16.1 Å². The molecule has 17 heavy (non-hydrogen) atoms. The fraction of sp³-hybridized carbons (Fsp3) is 0.300. The largest absolute Gasteiger partial charge is 0.497 e. The monoisotopic (exact) mass is 260 g/mol. The lowest BCUT2D eigenvalue weighted by atomic mass is 10.3. The number of aliphatic carboxylic acids is 1. The van der Waals surface area contributed by atoms with Gasteiger partial charge in [-0.2, -0.15) is 8.42 Å². The Morgan fingerprint density at radius 3 is 2.24 bits per heavy atom. The molecule has 0 saturated heterocycles. The van der Waals surface area contributed by atoms with Crippen molar-refractivity contribution in [2.45, 2.75) is 17.9 Å². The average Bonchev–Trinajstić information content (AvgIpc) is 2.28. The second-order valence-electron chi connectivity index (χ2n) is 3.21. The van der Waals surface area contributed by atoms with E-state index in [1.165, 1.54) is 31.4 Å². The third-order valence-electron chi connectivity index (χ3n) is 1.97. The van der Waals surface area contributed by atoms with Gasteiger partial charge in [0.2, 0.25) is 0 Å². The Hall–Kier alpha value is -1.60. The predicted molar refractivity (Wildman–Crippen MR) is 58.4 cm³/mol. The molecule has 1 aromatic carbocycles. The van der Waals surface area contributed by atoms with Crippen molar-refractivity contribution in [2.75, 3.05) is 7.11 Å². The minimum Gasteiger partial charge on any atom is -0.497 e. The minimum atomic E-state index is -4.07. The van der Waals surface area contributed by atoms with Crippen molar-refractivity contribution in [2.24, 2.45) is 0 Å². The van der Waals surface area contributed by atoms with Crippen molar-refractivity contribution in [1.82, 2.24) is 0 Å². The maximum absolute atomic E-state index is 11.6. The zero-order valence-electron chi connectivity index (χ0n) is 9.28. The van der Waals surface area contributed by atoms with Gasteiger partial charge in [-0.1, -0.05) is 0 Å². The Kier molecular flexibility index (Phi) is 4.08. The molecule has 0 spiro atoms. The number of rotatable bonds is 5. The lowest BCUT2D eigenvalue weighted by Gasteiger charge is -2.09. The molecule has 1 rings (SSSR count). The van der Waals surface area contributed by atoms with E-state index in [-0.39, 0.29) is 4.90 Å². The quantitative estimate of drug-likeness (QED) is 0.790. The molecule has 0 aromatic heterocycles. The highest BCUT2D eigenvalue weighted by Gasteiger charge is 2.23. The van der Waals surface area contributed by atoms with Crippen LogP contribution in [0.3, 0.4) is 0 Å². The molecule has 1 N–H and O–H groups in total. The molecule has 7 heteroatoms. The van der Waals surface area contributed by atoms with Gasteiger partial charge in [0, 0.05) is 0 Å². The Balaban J connectivity index is 2.93. The summed E-state index contributed by atoms with van der Waals surface area (Å²) >= 11 is 0. The van der Waals surface area contributed by atoms with Crippen molar-refractivity contribution in [1.29, 1.82) is 0 Å². The predicted octanol–water partition coefficient (Wildman–Crippen LogP) is 0.874. The van der Waals surface area contributed by atoms with E-state index in [0.29, 0.717) is 5.75 Å². The van der Waals surface area contributed by atoms with Crippen molar-refractivity contribution in [3.63, 3.8) is 0 Å². The van der Waals surface area contributed by atoms with Gasteiger partial charge in [0.25, 0.3) is 10.1 Å². The molecule has 1 atom stereocenters. The zero-order chi connectivity index (χ0) is 13.1. The van der Waals surface area contributed by atoms with Gasteiger partial charge in [-0.3, -0.25) is 4.18 Å². The zero-order valence-corrected chi connectivity index (χ0v) is 10.1. The van der Waals surface area contributed by atoms with Gasteiger partial charge in [-0.25, -0.2) is 4.79 Å². The van der Waals surface area contributed by atoms with E-state index >= 15 is 0 Å². The standard InChI is InChI=1S/C10H12O6S/c1-7(10(11)12)16-17(13,14)9-5-3-8(15-2)4-6-9/h3-7H,1-2H3,(H,11,12)/t7-/m0/s1. The topological polar surface area (TPSA) is 89.9 Å².